The van der Waals surface area contributed by atoms with Gasteiger partial charge in [0.25, 0.3) is 0 Å². The van der Waals surface area contributed by atoms with Crippen LogP contribution in [-0.2, 0) is 29.1 Å². The Morgan fingerprint density at radius 3 is 3.24 bits per heavy atom. The van der Waals surface area contributed by atoms with Gasteiger partial charge >= 0.3 is 0 Å². The minimum atomic E-state index is -0.0448. The van der Waals surface area contributed by atoms with Crippen LogP contribution in [0.2, 0.25) is 0 Å². The first-order valence-corrected chi connectivity index (χ1v) is 5.48. The molecule has 1 aliphatic heterocycles. The van der Waals surface area contributed by atoms with E-state index in [1.54, 1.807) is 18.2 Å². The van der Waals surface area contributed by atoms with Crippen molar-refractivity contribution in [1.29, 1.82) is 0 Å². The summed E-state index contributed by atoms with van der Waals surface area (Å²) in [4.78, 5) is 21.9. The molecule has 0 saturated heterocycles. The van der Waals surface area contributed by atoms with E-state index in [-0.39, 0.29) is 5.91 Å². The van der Waals surface area contributed by atoms with Gasteiger partial charge in [0.05, 0.1) is 5.69 Å². The standard InChI is InChI=1S/C12H15N3O2/c1-3-12(16)15-5-4-10-9(7-15)6-13-11(14-10)8-17-2/h3,6H,1,4-5,7-8H2,2H3. The molecule has 0 atom stereocenters. The average molecular weight is 233 g/mol. The quantitative estimate of drug-likeness (QED) is 0.721. The second-order valence-corrected chi connectivity index (χ2v) is 3.91. The number of amides is 1. The SMILES string of the molecule is C=CC(=O)N1CCc2nc(COC)ncc2C1. The predicted molar refractivity (Wildman–Crippen MR) is 62.1 cm³/mol. The molecule has 1 aromatic heterocycles. The number of carbonyl (C=O) groups is 1. The zero-order valence-corrected chi connectivity index (χ0v) is 9.85. The van der Waals surface area contributed by atoms with Crippen molar-refractivity contribution in [2.24, 2.45) is 0 Å². The molecule has 90 valence electrons. The van der Waals surface area contributed by atoms with Crippen LogP contribution < -0.4 is 0 Å². The smallest absolute Gasteiger partial charge is 0.246 e. The number of hydrogen-bond acceptors (Lipinski definition) is 4. The lowest BCUT2D eigenvalue weighted by Crippen LogP contribution is -2.35. The van der Waals surface area contributed by atoms with E-state index in [4.69, 9.17) is 4.74 Å². The molecule has 1 amide bonds. The maximum Gasteiger partial charge on any atom is 0.246 e. The van der Waals surface area contributed by atoms with Crippen LogP contribution in [0.15, 0.2) is 18.9 Å². The molecule has 0 N–H and O–H groups in total. The van der Waals surface area contributed by atoms with Crippen molar-refractivity contribution in [2.45, 2.75) is 19.6 Å². The van der Waals surface area contributed by atoms with Crippen molar-refractivity contribution in [3.05, 3.63) is 35.9 Å². The van der Waals surface area contributed by atoms with Crippen LogP contribution in [0.4, 0.5) is 0 Å². The minimum absolute atomic E-state index is 0.0448. The van der Waals surface area contributed by atoms with Crippen LogP contribution in [0.1, 0.15) is 17.1 Å². The average Bonchev–Trinajstić information content (AvgIpc) is 2.37. The number of ether oxygens (including phenoxy) is 1. The number of aromatic nitrogens is 2. The van der Waals surface area contributed by atoms with Crippen molar-refractivity contribution in [3.8, 4) is 0 Å². The number of methoxy groups -OCH3 is 1. The van der Waals surface area contributed by atoms with Crippen molar-refractivity contribution in [1.82, 2.24) is 14.9 Å². The minimum Gasteiger partial charge on any atom is -0.377 e. The molecule has 5 heteroatoms. The molecular formula is C12H15N3O2. The lowest BCUT2D eigenvalue weighted by Gasteiger charge is -2.27. The summed E-state index contributed by atoms with van der Waals surface area (Å²) in [7, 11) is 1.62. The van der Waals surface area contributed by atoms with Gasteiger partial charge in [0.15, 0.2) is 5.82 Å². The zero-order chi connectivity index (χ0) is 12.3. The van der Waals surface area contributed by atoms with Gasteiger partial charge in [-0.3, -0.25) is 4.79 Å². The van der Waals surface area contributed by atoms with Crippen LogP contribution in [0.25, 0.3) is 0 Å². The fraction of sp³-hybridized carbons (Fsp3) is 0.417. The van der Waals surface area contributed by atoms with Crippen LogP contribution in [0.3, 0.4) is 0 Å². The number of carbonyl (C=O) groups excluding carboxylic acids is 1. The van der Waals surface area contributed by atoms with E-state index < -0.39 is 0 Å². The molecule has 0 aliphatic carbocycles. The maximum absolute atomic E-state index is 11.5. The van der Waals surface area contributed by atoms with E-state index >= 15 is 0 Å². The molecule has 0 saturated carbocycles. The van der Waals surface area contributed by atoms with E-state index in [9.17, 15) is 4.79 Å². The predicted octanol–water partition coefficient (Wildman–Crippen LogP) is 0.694. The summed E-state index contributed by atoms with van der Waals surface area (Å²) in [6, 6.07) is 0. The van der Waals surface area contributed by atoms with Gasteiger partial charge in [-0.1, -0.05) is 6.58 Å². The molecule has 5 nitrogen and oxygen atoms in total. The number of hydrogen-bond donors (Lipinski definition) is 0. The summed E-state index contributed by atoms with van der Waals surface area (Å²) in [6.07, 6.45) is 3.87. The molecule has 0 radical (unpaired) electrons. The lowest BCUT2D eigenvalue weighted by molar-refractivity contribution is -0.126. The summed E-state index contributed by atoms with van der Waals surface area (Å²) in [6.45, 7) is 5.16. The second-order valence-electron chi connectivity index (χ2n) is 3.91. The number of rotatable bonds is 3. The van der Waals surface area contributed by atoms with Gasteiger partial charge in [-0.05, 0) is 6.08 Å². The Kier molecular flexibility index (Phi) is 3.49. The van der Waals surface area contributed by atoms with E-state index in [0.717, 1.165) is 17.7 Å². The van der Waals surface area contributed by atoms with Crippen LogP contribution in [-0.4, -0.2) is 34.4 Å². The highest BCUT2D eigenvalue weighted by Crippen LogP contribution is 2.16. The maximum atomic E-state index is 11.5. The summed E-state index contributed by atoms with van der Waals surface area (Å²) in [5, 5.41) is 0. The third-order valence-corrected chi connectivity index (χ3v) is 2.74. The first kappa shape index (κ1) is 11.7. The highest BCUT2D eigenvalue weighted by Gasteiger charge is 2.20. The van der Waals surface area contributed by atoms with Crippen LogP contribution in [0, 0.1) is 0 Å². The van der Waals surface area contributed by atoms with Crippen molar-refractivity contribution in [3.63, 3.8) is 0 Å². The summed E-state index contributed by atoms with van der Waals surface area (Å²) >= 11 is 0. The summed E-state index contributed by atoms with van der Waals surface area (Å²) in [5.74, 6) is 0.645. The zero-order valence-electron chi connectivity index (χ0n) is 9.85. The monoisotopic (exact) mass is 233 g/mol. The second kappa shape index (κ2) is 5.05. The Morgan fingerprint density at radius 1 is 1.71 bits per heavy atom. The molecule has 17 heavy (non-hydrogen) atoms. The summed E-state index contributed by atoms with van der Waals surface area (Å²) < 4.78 is 4.99. The molecule has 2 rings (SSSR count). The van der Waals surface area contributed by atoms with Crippen molar-refractivity contribution >= 4 is 5.91 Å². The van der Waals surface area contributed by atoms with Crippen molar-refractivity contribution in [2.75, 3.05) is 13.7 Å². The molecule has 0 bridgehead atoms. The molecule has 1 aliphatic rings. The van der Waals surface area contributed by atoms with Gasteiger partial charge in [-0.15, -0.1) is 0 Å². The van der Waals surface area contributed by atoms with Crippen LogP contribution in [0.5, 0.6) is 0 Å². The topological polar surface area (TPSA) is 55.3 Å². The molecule has 0 aromatic carbocycles. The largest absolute Gasteiger partial charge is 0.377 e. The lowest BCUT2D eigenvalue weighted by atomic mass is 10.1. The number of fused-ring (bicyclic) bond motifs is 1. The highest BCUT2D eigenvalue weighted by molar-refractivity contribution is 5.87. The van der Waals surface area contributed by atoms with E-state index in [1.807, 2.05) is 0 Å². The normalized spacial score (nSPS) is 14.3. The van der Waals surface area contributed by atoms with Gasteiger partial charge in [0.2, 0.25) is 5.91 Å². The van der Waals surface area contributed by atoms with Gasteiger partial charge in [-0.2, -0.15) is 0 Å². The Balaban J connectivity index is 2.17. The molecule has 2 heterocycles. The molecule has 1 aromatic rings. The van der Waals surface area contributed by atoms with E-state index in [1.165, 1.54) is 6.08 Å². The molecule has 0 fully saturated rings. The van der Waals surface area contributed by atoms with Gasteiger partial charge < -0.3 is 9.64 Å². The van der Waals surface area contributed by atoms with Crippen molar-refractivity contribution < 1.29 is 9.53 Å². The van der Waals surface area contributed by atoms with Gasteiger partial charge in [-0.25, -0.2) is 9.97 Å². The third-order valence-electron chi connectivity index (χ3n) is 2.74. The molecular weight excluding hydrogens is 218 g/mol. The number of nitrogens with zero attached hydrogens (tertiary/aromatic N) is 3. The van der Waals surface area contributed by atoms with E-state index in [2.05, 4.69) is 16.5 Å². The molecule has 0 spiro atoms. The summed E-state index contributed by atoms with van der Waals surface area (Å²) in [5.41, 5.74) is 2.02. The van der Waals surface area contributed by atoms with Gasteiger partial charge in [0.1, 0.15) is 6.61 Å². The first-order chi connectivity index (χ1) is 8.24. The van der Waals surface area contributed by atoms with Crippen LogP contribution >= 0.6 is 0 Å². The highest BCUT2D eigenvalue weighted by atomic mass is 16.5. The first-order valence-electron chi connectivity index (χ1n) is 5.48. The Bertz CT molecular complexity index is 445. The Hall–Kier alpha value is -1.75. The Labute approximate surface area is 100 Å². The molecule has 0 unspecified atom stereocenters. The third kappa shape index (κ3) is 2.50. The fourth-order valence-corrected chi connectivity index (χ4v) is 1.87. The fourth-order valence-electron chi connectivity index (χ4n) is 1.87. The van der Waals surface area contributed by atoms with Gasteiger partial charge in [0, 0.05) is 38.4 Å². The Morgan fingerprint density at radius 2 is 2.53 bits per heavy atom. The van der Waals surface area contributed by atoms with E-state index in [0.29, 0.717) is 25.5 Å².